The van der Waals surface area contributed by atoms with Crippen LogP contribution in [0, 0.1) is 10.1 Å². The molecule has 3 nitrogen and oxygen atoms in total. The highest BCUT2D eigenvalue weighted by atomic mass is 19.4. The second kappa shape index (κ2) is 4.72. The number of halogens is 4. The van der Waals surface area contributed by atoms with Crippen molar-refractivity contribution in [2.45, 2.75) is 13.1 Å². The van der Waals surface area contributed by atoms with Crippen LogP contribution in [0.4, 0.5) is 17.6 Å². The first kappa shape index (κ1) is 13.3. The predicted octanol–water partition coefficient (Wildman–Crippen LogP) is 3.14. The zero-order valence-electron chi connectivity index (χ0n) is 7.64. The van der Waals surface area contributed by atoms with Crippen molar-refractivity contribution in [3.8, 4) is 0 Å². The molecular formula is C8H7F4NO2. The van der Waals surface area contributed by atoms with E-state index in [4.69, 9.17) is 0 Å². The van der Waals surface area contributed by atoms with Crippen molar-refractivity contribution in [3.63, 3.8) is 0 Å². The topological polar surface area (TPSA) is 43.1 Å². The van der Waals surface area contributed by atoms with Crippen LogP contribution < -0.4 is 0 Å². The first-order chi connectivity index (χ1) is 6.70. The van der Waals surface area contributed by atoms with Crippen LogP contribution in [0.15, 0.2) is 35.8 Å². The molecule has 84 valence electrons. The number of allylic oxidation sites excluding steroid dienone is 4. The highest BCUT2D eigenvalue weighted by Gasteiger charge is 2.33. The molecular weight excluding hydrogens is 218 g/mol. The van der Waals surface area contributed by atoms with E-state index in [9.17, 15) is 27.7 Å². The molecule has 0 aromatic carbocycles. The average Bonchev–Trinajstić information content (AvgIpc) is 2.10. The highest BCUT2D eigenvalue weighted by molar-refractivity contribution is 5.29. The summed E-state index contributed by atoms with van der Waals surface area (Å²) >= 11 is 0. The van der Waals surface area contributed by atoms with Gasteiger partial charge in [-0.05, 0) is 13.0 Å². The molecule has 0 aliphatic heterocycles. The van der Waals surface area contributed by atoms with Crippen molar-refractivity contribution in [1.29, 1.82) is 0 Å². The smallest absolute Gasteiger partial charge is 0.258 e. The fourth-order valence-corrected chi connectivity index (χ4v) is 0.604. The zero-order valence-corrected chi connectivity index (χ0v) is 7.64. The van der Waals surface area contributed by atoms with Gasteiger partial charge in [0.1, 0.15) is 0 Å². The van der Waals surface area contributed by atoms with Crippen LogP contribution in [0.3, 0.4) is 0 Å². The summed E-state index contributed by atoms with van der Waals surface area (Å²) in [4.78, 5) is 8.97. The summed E-state index contributed by atoms with van der Waals surface area (Å²) < 4.78 is 48.5. The summed E-state index contributed by atoms with van der Waals surface area (Å²) in [5, 5.41) is 10.2. The highest BCUT2D eigenvalue weighted by Crippen LogP contribution is 2.27. The van der Waals surface area contributed by atoms with Crippen LogP contribution in [-0.4, -0.2) is 11.1 Å². The van der Waals surface area contributed by atoms with Crippen LogP contribution in [0.5, 0.6) is 0 Å². The molecule has 0 rings (SSSR count). The van der Waals surface area contributed by atoms with Gasteiger partial charge < -0.3 is 0 Å². The van der Waals surface area contributed by atoms with Crippen molar-refractivity contribution < 1.29 is 22.5 Å². The van der Waals surface area contributed by atoms with E-state index < -0.39 is 28.2 Å². The summed E-state index contributed by atoms with van der Waals surface area (Å²) in [7, 11) is 0. The van der Waals surface area contributed by atoms with Gasteiger partial charge >= 0.3 is 11.9 Å². The molecule has 0 spiro atoms. The lowest BCUT2D eigenvalue weighted by molar-refractivity contribution is -0.422. The van der Waals surface area contributed by atoms with Crippen molar-refractivity contribution in [3.05, 3.63) is 45.9 Å². The zero-order chi connectivity index (χ0) is 12.2. The maximum atomic E-state index is 12.7. The van der Waals surface area contributed by atoms with Crippen molar-refractivity contribution in [2.24, 2.45) is 0 Å². The van der Waals surface area contributed by atoms with Crippen molar-refractivity contribution in [2.75, 3.05) is 0 Å². The van der Waals surface area contributed by atoms with E-state index in [1.165, 1.54) is 0 Å². The minimum Gasteiger partial charge on any atom is -0.258 e. The Bertz CT molecular complexity index is 341. The quantitative estimate of drug-likeness (QED) is 0.320. The molecule has 0 radical (unpaired) electrons. The average molecular weight is 225 g/mol. The summed E-state index contributed by atoms with van der Waals surface area (Å²) in [6, 6.07) is 0. The van der Waals surface area contributed by atoms with Gasteiger partial charge in [0.25, 0.3) is 0 Å². The fourth-order valence-electron chi connectivity index (χ4n) is 0.604. The number of rotatable bonds is 3. The second-order valence-electron chi connectivity index (χ2n) is 2.45. The standard InChI is InChI=1S/C8H7F4NO2/c1-3-6(9)7(13(14)15)4-5(2)8(10,11)12/h3-4H,2H2,1H3/b6-3+,7-4+. The number of nitrogens with zero attached hydrogens (tertiary/aromatic N) is 1. The first-order valence-electron chi connectivity index (χ1n) is 3.64. The Morgan fingerprint density at radius 3 is 2.20 bits per heavy atom. The molecule has 0 aromatic heterocycles. The number of hydrogen-bond donors (Lipinski definition) is 0. The molecule has 0 aromatic rings. The molecule has 0 heterocycles. The van der Waals surface area contributed by atoms with E-state index in [0.29, 0.717) is 6.08 Å². The Labute approximate surface area is 82.5 Å². The molecule has 0 N–H and O–H groups in total. The van der Waals surface area contributed by atoms with E-state index in [1.807, 2.05) is 0 Å². The van der Waals surface area contributed by atoms with Gasteiger partial charge in [-0.3, -0.25) is 10.1 Å². The van der Waals surface area contributed by atoms with Crippen LogP contribution in [0.25, 0.3) is 0 Å². The number of alkyl halides is 3. The lowest BCUT2D eigenvalue weighted by Gasteiger charge is -2.04. The van der Waals surface area contributed by atoms with Crippen molar-refractivity contribution in [1.82, 2.24) is 0 Å². The molecule has 0 aliphatic rings. The summed E-state index contributed by atoms with van der Waals surface area (Å²) in [5.41, 5.74) is -2.74. The molecule has 15 heavy (non-hydrogen) atoms. The summed E-state index contributed by atoms with van der Waals surface area (Å²) in [6.45, 7) is 3.69. The van der Waals surface area contributed by atoms with Gasteiger partial charge in [0, 0.05) is 6.08 Å². The fraction of sp³-hybridized carbons (Fsp3) is 0.250. The van der Waals surface area contributed by atoms with E-state index >= 15 is 0 Å². The molecule has 0 fully saturated rings. The molecule has 0 unspecified atom stereocenters. The Hall–Kier alpha value is -1.66. The van der Waals surface area contributed by atoms with E-state index in [1.54, 1.807) is 0 Å². The Morgan fingerprint density at radius 2 is 1.93 bits per heavy atom. The molecule has 0 saturated heterocycles. The number of hydrogen-bond acceptors (Lipinski definition) is 2. The third-order valence-electron chi connectivity index (χ3n) is 1.37. The lowest BCUT2D eigenvalue weighted by Crippen LogP contribution is -2.11. The van der Waals surface area contributed by atoms with Crippen molar-refractivity contribution >= 4 is 0 Å². The van der Waals surface area contributed by atoms with Gasteiger partial charge in [0.05, 0.1) is 10.5 Å². The van der Waals surface area contributed by atoms with Gasteiger partial charge in [-0.15, -0.1) is 0 Å². The van der Waals surface area contributed by atoms with Gasteiger partial charge in [-0.1, -0.05) is 6.58 Å². The molecule has 7 heteroatoms. The third-order valence-corrected chi connectivity index (χ3v) is 1.37. The van der Waals surface area contributed by atoms with E-state index in [-0.39, 0.29) is 6.08 Å². The van der Waals surface area contributed by atoms with Gasteiger partial charge in [-0.2, -0.15) is 17.6 Å². The normalized spacial score (nSPS) is 13.9. The first-order valence-corrected chi connectivity index (χ1v) is 3.64. The monoisotopic (exact) mass is 225 g/mol. The molecule has 0 aliphatic carbocycles. The van der Waals surface area contributed by atoms with E-state index in [0.717, 1.165) is 6.92 Å². The third kappa shape index (κ3) is 3.92. The minimum atomic E-state index is -4.81. The van der Waals surface area contributed by atoms with Crippen LogP contribution in [-0.2, 0) is 0 Å². The summed E-state index contributed by atoms with van der Waals surface area (Å²) in [6.07, 6.45) is -4.07. The Morgan fingerprint density at radius 1 is 1.47 bits per heavy atom. The molecule has 0 amide bonds. The second-order valence-corrected chi connectivity index (χ2v) is 2.45. The Kier molecular flexibility index (Phi) is 4.20. The molecule has 0 atom stereocenters. The van der Waals surface area contributed by atoms with Crippen LogP contribution in [0.2, 0.25) is 0 Å². The SMILES string of the molecule is C=C(/C=C(\C(F)=C/C)[N+](=O)[O-])C(F)(F)F. The largest absolute Gasteiger partial charge is 0.416 e. The molecule has 0 saturated carbocycles. The van der Waals surface area contributed by atoms with Crippen LogP contribution >= 0.6 is 0 Å². The minimum absolute atomic E-state index is 0.0509. The van der Waals surface area contributed by atoms with Gasteiger partial charge in [-0.25, -0.2) is 0 Å². The van der Waals surface area contributed by atoms with Gasteiger partial charge in [0.15, 0.2) is 5.83 Å². The van der Waals surface area contributed by atoms with Crippen LogP contribution in [0.1, 0.15) is 6.92 Å². The lowest BCUT2D eigenvalue weighted by atomic mass is 10.2. The predicted molar refractivity (Wildman–Crippen MR) is 45.1 cm³/mol. The van der Waals surface area contributed by atoms with E-state index in [2.05, 4.69) is 6.58 Å². The molecule has 0 bridgehead atoms. The summed E-state index contributed by atoms with van der Waals surface area (Å²) in [5.74, 6) is -1.34. The Balaban J connectivity index is 5.21. The maximum Gasteiger partial charge on any atom is 0.416 e. The number of nitro groups is 1. The maximum absolute atomic E-state index is 12.7. The van der Waals surface area contributed by atoms with Gasteiger partial charge in [0.2, 0.25) is 0 Å².